The van der Waals surface area contributed by atoms with Crippen molar-refractivity contribution in [1.29, 1.82) is 0 Å². The highest BCUT2D eigenvalue weighted by atomic mass is 16.5. The summed E-state index contributed by atoms with van der Waals surface area (Å²) in [5, 5.41) is 0. The third kappa shape index (κ3) is 3.15. The van der Waals surface area contributed by atoms with Crippen molar-refractivity contribution in [3.05, 3.63) is 23.8 Å². The fraction of sp³-hybridized carbons (Fsp3) is 0.417. The molecular weight excluding hydrogens is 204 g/mol. The van der Waals surface area contributed by atoms with Gasteiger partial charge in [-0.3, -0.25) is 4.79 Å². The summed E-state index contributed by atoms with van der Waals surface area (Å²) in [4.78, 5) is 13.1. The zero-order valence-corrected chi connectivity index (χ0v) is 9.99. The quantitative estimate of drug-likeness (QED) is 0.784. The molecule has 2 N–H and O–H groups in total. The number of amides is 1. The lowest BCUT2D eigenvalue weighted by Gasteiger charge is -2.15. The molecule has 88 valence electrons. The zero-order valence-electron chi connectivity index (χ0n) is 9.99. The van der Waals surface area contributed by atoms with Gasteiger partial charge in [0.05, 0.1) is 0 Å². The Balaban J connectivity index is 2.61. The summed E-state index contributed by atoms with van der Waals surface area (Å²) in [6.45, 7) is 4.57. The minimum absolute atomic E-state index is 0.0377. The largest absolute Gasteiger partial charge is 0.483 e. The minimum atomic E-state index is -0.0377. The molecule has 1 amide bonds. The van der Waals surface area contributed by atoms with Gasteiger partial charge in [-0.25, -0.2) is 0 Å². The summed E-state index contributed by atoms with van der Waals surface area (Å²) >= 11 is 0. The second-order valence-corrected chi connectivity index (χ2v) is 3.72. The fourth-order valence-corrected chi connectivity index (χ4v) is 1.20. The van der Waals surface area contributed by atoms with Gasteiger partial charge in [-0.05, 0) is 25.5 Å². The Labute approximate surface area is 96.0 Å². The van der Waals surface area contributed by atoms with Gasteiger partial charge in [0, 0.05) is 25.3 Å². The number of hydrogen-bond donors (Lipinski definition) is 1. The number of rotatable bonds is 4. The van der Waals surface area contributed by atoms with E-state index in [1.54, 1.807) is 18.0 Å². The topological polar surface area (TPSA) is 55.6 Å². The monoisotopic (exact) mass is 222 g/mol. The van der Waals surface area contributed by atoms with Crippen molar-refractivity contribution in [2.75, 3.05) is 25.9 Å². The average molecular weight is 222 g/mol. The Morgan fingerprint density at radius 3 is 2.81 bits per heavy atom. The van der Waals surface area contributed by atoms with Crippen LogP contribution in [0.5, 0.6) is 5.75 Å². The molecule has 0 radical (unpaired) electrons. The SMILES string of the molecule is CCN(C)C(=O)COc1cc(N)ccc1C. The van der Waals surface area contributed by atoms with Crippen LogP contribution in [0.2, 0.25) is 0 Å². The second kappa shape index (κ2) is 5.39. The number of carbonyl (C=O) groups excluding carboxylic acids is 1. The number of nitrogen functional groups attached to an aromatic ring is 1. The number of nitrogens with two attached hydrogens (primary N) is 1. The first-order chi connectivity index (χ1) is 7.54. The van der Waals surface area contributed by atoms with Gasteiger partial charge in [-0.15, -0.1) is 0 Å². The average Bonchev–Trinajstić information content (AvgIpc) is 2.28. The molecule has 0 heterocycles. The molecule has 1 rings (SSSR count). The highest BCUT2D eigenvalue weighted by Gasteiger charge is 2.08. The molecule has 0 aliphatic carbocycles. The van der Waals surface area contributed by atoms with Gasteiger partial charge in [0.25, 0.3) is 5.91 Å². The van der Waals surface area contributed by atoms with Crippen molar-refractivity contribution in [3.8, 4) is 5.75 Å². The number of aryl methyl sites for hydroxylation is 1. The van der Waals surface area contributed by atoms with Crippen molar-refractivity contribution in [3.63, 3.8) is 0 Å². The Bertz CT molecular complexity index is 377. The summed E-state index contributed by atoms with van der Waals surface area (Å²) in [5.41, 5.74) is 7.25. The van der Waals surface area contributed by atoms with E-state index in [0.717, 1.165) is 5.56 Å². The van der Waals surface area contributed by atoms with Crippen LogP contribution < -0.4 is 10.5 Å². The molecule has 0 aromatic heterocycles. The Morgan fingerprint density at radius 2 is 2.19 bits per heavy atom. The first kappa shape index (κ1) is 12.4. The maximum atomic E-state index is 11.5. The lowest BCUT2D eigenvalue weighted by atomic mass is 10.2. The van der Waals surface area contributed by atoms with Crippen LogP contribution in [0.15, 0.2) is 18.2 Å². The Morgan fingerprint density at radius 1 is 1.50 bits per heavy atom. The molecule has 0 aliphatic heterocycles. The molecule has 4 nitrogen and oxygen atoms in total. The van der Waals surface area contributed by atoms with Crippen LogP contribution in [-0.2, 0) is 4.79 Å². The van der Waals surface area contributed by atoms with Gasteiger partial charge in [0.1, 0.15) is 5.75 Å². The first-order valence-electron chi connectivity index (χ1n) is 5.27. The molecule has 1 aromatic rings. The van der Waals surface area contributed by atoms with Crippen molar-refractivity contribution in [2.24, 2.45) is 0 Å². The summed E-state index contributed by atoms with van der Waals surface area (Å²) in [6.07, 6.45) is 0. The number of likely N-dealkylation sites (N-methyl/N-ethyl adjacent to an activating group) is 1. The summed E-state index contributed by atoms with van der Waals surface area (Å²) in [7, 11) is 1.75. The van der Waals surface area contributed by atoms with Crippen LogP contribution in [0, 0.1) is 6.92 Å². The van der Waals surface area contributed by atoms with E-state index >= 15 is 0 Å². The van der Waals surface area contributed by atoms with E-state index in [9.17, 15) is 4.79 Å². The van der Waals surface area contributed by atoms with Crippen molar-refractivity contribution in [1.82, 2.24) is 4.90 Å². The van der Waals surface area contributed by atoms with E-state index < -0.39 is 0 Å². The number of hydrogen-bond acceptors (Lipinski definition) is 3. The van der Waals surface area contributed by atoms with Crippen LogP contribution in [0.1, 0.15) is 12.5 Å². The lowest BCUT2D eigenvalue weighted by molar-refractivity contribution is -0.131. The molecule has 0 saturated carbocycles. The van der Waals surface area contributed by atoms with E-state index in [4.69, 9.17) is 10.5 Å². The smallest absolute Gasteiger partial charge is 0.260 e. The number of nitrogens with zero attached hydrogens (tertiary/aromatic N) is 1. The molecule has 0 atom stereocenters. The fourth-order valence-electron chi connectivity index (χ4n) is 1.20. The van der Waals surface area contributed by atoms with E-state index in [2.05, 4.69) is 0 Å². The molecular formula is C12H18N2O2. The van der Waals surface area contributed by atoms with Gasteiger partial charge < -0.3 is 15.4 Å². The molecule has 0 fully saturated rings. The molecule has 0 spiro atoms. The summed E-state index contributed by atoms with van der Waals surface area (Å²) in [5.74, 6) is 0.627. The maximum absolute atomic E-state index is 11.5. The highest BCUT2D eigenvalue weighted by Crippen LogP contribution is 2.20. The molecule has 0 aliphatic rings. The van der Waals surface area contributed by atoms with Crippen LogP contribution in [-0.4, -0.2) is 31.0 Å². The molecule has 1 aromatic carbocycles. The lowest BCUT2D eigenvalue weighted by Crippen LogP contribution is -2.31. The number of benzene rings is 1. The first-order valence-corrected chi connectivity index (χ1v) is 5.27. The van der Waals surface area contributed by atoms with Crippen molar-refractivity contribution >= 4 is 11.6 Å². The minimum Gasteiger partial charge on any atom is -0.483 e. The van der Waals surface area contributed by atoms with Crippen molar-refractivity contribution < 1.29 is 9.53 Å². The van der Waals surface area contributed by atoms with Crippen LogP contribution in [0.3, 0.4) is 0 Å². The van der Waals surface area contributed by atoms with E-state index in [0.29, 0.717) is 18.0 Å². The van der Waals surface area contributed by atoms with Crippen LogP contribution >= 0.6 is 0 Å². The maximum Gasteiger partial charge on any atom is 0.260 e. The van der Waals surface area contributed by atoms with Gasteiger partial charge in [0.2, 0.25) is 0 Å². The summed E-state index contributed by atoms with van der Waals surface area (Å²) in [6, 6.07) is 5.41. The van der Waals surface area contributed by atoms with Gasteiger partial charge in [0.15, 0.2) is 6.61 Å². The number of anilines is 1. The van der Waals surface area contributed by atoms with E-state index in [-0.39, 0.29) is 12.5 Å². The molecule has 0 bridgehead atoms. The second-order valence-electron chi connectivity index (χ2n) is 3.72. The van der Waals surface area contributed by atoms with Gasteiger partial charge in [-0.1, -0.05) is 6.07 Å². The summed E-state index contributed by atoms with van der Waals surface area (Å²) < 4.78 is 5.43. The molecule has 16 heavy (non-hydrogen) atoms. The third-order valence-corrected chi connectivity index (χ3v) is 2.46. The molecule has 0 unspecified atom stereocenters. The van der Waals surface area contributed by atoms with E-state index in [1.165, 1.54) is 0 Å². The van der Waals surface area contributed by atoms with Gasteiger partial charge >= 0.3 is 0 Å². The normalized spacial score (nSPS) is 9.94. The standard InChI is InChI=1S/C12H18N2O2/c1-4-14(3)12(15)8-16-11-7-10(13)6-5-9(11)2/h5-7H,4,8,13H2,1-3H3. The third-order valence-electron chi connectivity index (χ3n) is 2.46. The Kier molecular flexibility index (Phi) is 4.17. The van der Waals surface area contributed by atoms with Crippen LogP contribution in [0.25, 0.3) is 0 Å². The highest BCUT2D eigenvalue weighted by molar-refractivity contribution is 5.77. The Hall–Kier alpha value is -1.71. The number of carbonyl (C=O) groups is 1. The predicted molar refractivity (Wildman–Crippen MR) is 64.4 cm³/mol. The van der Waals surface area contributed by atoms with Crippen LogP contribution in [0.4, 0.5) is 5.69 Å². The predicted octanol–water partition coefficient (Wildman–Crippen LogP) is 1.43. The molecule has 0 saturated heterocycles. The van der Waals surface area contributed by atoms with Gasteiger partial charge in [-0.2, -0.15) is 0 Å². The van der Waals surface area contributed by atoms with Crippen molar-refractivity contribution in [2.45, 2.75) is 13.8 Å². The zero-order chi connectivity index (χ0) is 12.1. The van der Waals surface area contributed by atoms with E-state index in [1.807, 2.05) is 26.0 Å². The number of ether oxygens (including phenoxy) is 1. The molecule has 4 heteroatoms.